The van der Waals surface area contributed by atoms with Gasteiger partial charge in [0.1, 0.15) is 5.75 Å². The van der Waals surface area contributed by atoms with E-state index in [-0.39, 0.29) is 12.1 Å². The normalized spacial score (nSPS) is 19.6. The molecule has 2 saturated heterocycles. The Bertz CT molecular complexity index is 819. The van der Waals surface area contributed by atoms with E-state index in [1.54, 1.807) is 7.11 Å². The van der Waals surface area contributed by atoms with Gasteiger partial charge in [0.25, 0.3) is 0 Å². The quantitative estimate of drug-likeness (QED) is 0.731. The maximum atomic E-state index is 12.9. The van der Waals surface area contributed by atoms with Crippen molar-refractivity contribution in [2.75, 3.05) is 50.1 Å². The van der Waals surface area contributed by atoms with E-state index in [0.29, 0.717) is 0 Å². The molecule has 1 atom stereocenters. The van der Waals surface area contributed by atoms with Gasteiger partial charge in [-0.2, -0.15) is 11.8 Å². The second-order valence-electron chi connectivity index (χ2n) is 7.96. The van der Waals surface area contributed by atoms with Gasteiger partial charge in [0, 0.05) is 43.4 Å². The summed E-state index contributed by atoms with van der Waals surface area (Å²) in [6.07, 6.45) is 3.08. The third-order valence-corrected chi connectivity index (χ3v) is 6.98. The number of nitrogens with zero attached hydrogens (tertiary/aromatic N) is 2. The van der Waals surface area contributed by atoms with Crippen molar-refractivity contribution in [3.8, 4) is 5.75 Å². The van der Waals surface area contributed by atoms with Gasteiger partial charge in [0.15, 0.2) is 0 Å². The topological polar surface area (TPSA) is 44.8 Å². The van der Waals surface area contributed by atoms with Crippen molar-refractivity contribution < 1.29 is 9.53 Å². The van der Waals surface area contributed by atoms with Crippen molar-refractivity contribution in [2.24, 2.45) is 0 Å². The van der Waals surface area contributed by atoms with Gasteiger partial charge in [-0.1, -0.05) is 24.3 Å². The minimum absolute atomic E-state index is 0.0214. The van der Waals surface area contributed by atoms with Crippen LogP contribution >= 0.6 is 11.8 Å². The molecule has 2 amide bonds. The summed E-state index contributed by atoms with van der Waals surface area (Å²) in [6.45, 7) is 4.30. The molecule has 2 heterocycles. The number of ether oxygens (including phenoxy) is 1. The number of urea groups is 1. The SMILES string of the molecule is COc1ccc(C2CCCN2C(=O)Nc2ccc(CCN3CCSCC3)cc2)cc1. The first-order valence-electron chi connectivity index (χ1n) is 10.8. The highest BCUT2D eigenvalue weighted by Gasteiger charge is 2.30. The molecule has 2 aromatic rings. The highest BCUT2D eigenvalue weighted by atomic mass is 32.2. The monoisotopic (exact) mass is 425 g/mol. The summed E-state index contributed by atoms with van der Waals surface area (Å²) in [7, 11) is 1.67. The molecule has 2 aromatic carbocycles. The second kappa shape index (κ2) is 10.2. The summed E-state index contributed by atoms with van der Waals surface area (Å²) >= 11 is 2.05. The molecule has 1 N–H and O–H groups in total. The predicted molar refractivity (Wildman–Crippen MR) is 125 cm³/mol. The molecule has 2 aliphatic rings. The fourth-order valence-electron chi connectivity index (χ4n) is 4.24. The Hall–Kier alpha value is -2.18. The zero-order chi connectivity index (χ0) is 20.8. The molecule has 2 aliphatic heterocycles. The van der Waals surface area contributed by atoms with Gasteiger partial charge in [-0.3, -0.25) is 0 Å². The molecule has 0 aliphatic carbocycles. The summed E-state index contributed by atoms with van der Waals surface area (Å²) < 4.78 is 5.25. The average Bonchev–Trinajstić information content (AvgIpc) is 3.29. The number of rotatable bonds is 6. The number of carbonyl (C=O) groups is 1. The number of thioether (sulfide) groups is 1. The summed E-state index contributed by atoms with van der Waals surface area (Å²) in [5, 5.41) is 3.09. The number of methoxy groups -OCH3 is 1. The van der Waals surface area contributed by atoms with Crippen molar-refractivity contribution in [2.45, 2.75) is 25.3 Å². The van der Waals surface area contributed by atoms with Crippen LogP contribution in [0.15, 0.2) is 48.5 Å². The Morgan fingerprint density at radius 3 is 2.50 bits per heavy atom. The Balaban J connectivity index is 1.32. The van der Waals surface area contributed by atoms with E-state index in [1.165, 1.54) is 30.2 Å². The van der Waals surface area contributed by atoms with Gasteiger partial charge in [0.05, 0.1) is 13.2 Å². The maximum absolute atomic E-state index is 12.9. The van der Waals surface area contributed by atoms with Gasteiger partial charge in [-0.15, -0.1) is 0 Å². The first-order valence-corrected chi connectivity index (χ1v) is 12.0. The molecular weight excluding hydrogens is 394 g/mol. The van der Waals surface area contributed by atoms with Crippen LogP contribution in [-0.4, -0.2) is 60.6 Å². The van der Waals surface area contributed by atoms with Crippen LogP contribution in [0.2, 0.25) is 0 Å². The van der Waals surface area contributed by atoms with Crippen LogP contribution in [-0.2, 0) is 6.42 Å². The van der Waals surface area contributed by atoms with Crippen LogP contribution < -0.4 is 10.1 Å². The number of carbonyl (C=O) groups excluding carboxylic acids is 1. The zero-order valence-corrected chi connectivity index (χ0v) is 18.5. The van der Waals surface area contributed by atoms with Gasteiger partial charge < -0.3 is 19.9 Å². The van der Waals surface area contributed by atoms with Gasteiger partial charge >= 0.3 is 6.03 Å². The van der Waals surface area contributed by atoms with E-state index in [4.69, 9.17) is 4.74 Å². The van der Waals surface area contributed by atoms with Crippen molar-refractivity contribution in [1.82, 2.24) is 9.80 Å². The average molecular weight is 426 g/mol. The third kappa shape index (κ3) is 5.29. The molecule has 6 heteroatoms. The van der Waals surface area contributed by atoms with Crippen LogP contribution in [0.3, 0.4) is 0 Å². The van der Waals surface area contributed by atoms with Crippen LogP contribution in [0.5, 0.6) is 5.75 Å². The zero-order valence-electron chi connectivity index (χ0n) is 17.7. The van der Waals surface area contributed by atoms with Gasteiger partial charge in [-0.25, -0.2) is 4.79 Å². The van der Waals surface area contributed by atoms with Crippen molar-refractivity contribution in [3.63, 3.8) is 0 Å². The largest absolute Gasteiger partial charge is 0.497 e. The number of benzene rings is 2. The molecule has 30 heavy (non-hydrogen) atoms. The number of likely N-dealkylation sites (tertiary alicyclic amines) is 1. The van der Waals surface area contributed by atoms with E-state index < -0.39 is 0 Å². The Morgan fingerprint density at radius 2 is 1.80 bits per heavy atom. The smallest absolute Gasteiger partial charge is 0.322 e. The highest BCUT2D eigenvalue weighted by molar-refractivity contribution is 7.99. The molecule has 0 saturated carbocycles. The number of hydrogen-bond donors (Lipinski definition) is 1. The molecule has 160 valence electrons. The van der Waals surface area contributed by atoms with Crippen molar-refractivity contribution in [1.29, 1.82) is 0 Å². The standard InChI is InChI=1S/C24H31N3O2S/c1-29-22-10-6-20(7-11-22)23-3-2-13-27(23)24(28)25-21-8-4-19(5-9-21)12-14-26-15-17-30-18-16-26/h4-11,23H,2-3,12-18H2,1H3,(H,25,28). The maximum Gasteiger partial charge on any atom is 0.322 e. The number of hydrogen-bond acceptors (Lipinski definition) is 4. The number of amides is 2. The fourth-order valence-corrected chi connectivity index (χ4v) is 5.22. The molecular formula is C24H31N3O2S. The Labute approximate surface area is 183 Å². The van der Waals surface area contributed by atoms with Crippen LogP contribution in [0, 0.1) is 0 Å². The second-order valence-corrected chi connectivity index (χ2v) is 9.18. The number of anilines is 1. The van der Waals surface area contributed by atoms with Crippen molar-refractivity contribution in [3.05, 3.63) is 59.7 Å². The lowest BCUT2D eigenvalue weighted by Gasteiger charge is -2.26. The lowest BCUT2D eigenvalue weighted by atomic mass is 10.0. The van der Waals surface area contributed by atoms with Gasteiger partial charge in [0.2, 0.25) is 0 Å². The predicted octanol–water partition coefficient (Wildman–Crippen LogP) is 4.66. The van der Waals surface area contributed by atoms with Crippen LogP contribution in [0.4, 0.5) is 10.5 Å². The minimum atomic E-state index is -0.0214. The molecule has 0 spiro atoms. The third-order valence-electron chi connectivity index (χ3n) is 6.04. The van der Waals surface area contributed by atoms with E-state index in [2.05, 4.69) is 34.5 Å². The Morgan fingerprint density at radius 1 is 1.07 bits per heavy atom. The van der Waals surface area contributed by atoms with Crippen LogP contribution in [0.25, 0.3) is 0 Å². The summed E-state index contributed by atoms with van der Waals surface area (Å²) in [5.41, 5.74) is 3.34. The fraction of sp³-hybridized carbons (Fsp3) is 0.458. The number of nitrogens with one attached hydrogen (secondary N) is 1. The lowest BCUT2D eigenvalue weighted by Crippen LogP contribution is -2.34. The van der Waals surface area contributed by atoms with Crippen LogP contribution in [0.1, 0.15) is 30.0 Å². The summed E-state index contributed by atoms with van der Waals surface area (Å²) in [6, 6.07) is 16.5. The minimum Gasteiger partial charge on any atom is -0.497 e. The highest BCUT2D eigenvalue weighted by Crippen LogP contribution is 2.33. The first kappa shape index (κ1) is 21.1. The first-order chi connectivity index (χ1) is 14.7. The molecule has 4 rings (SSSR count). The van der Waals surface area contributed by atoms with E-state index in [9.17, 15) is 4.79 Å². The van der Waals surface area contributed by atoms with Gasteiger partial charge in [-0.05, 0) is 54.7 Å². The summed E-state index contributed by atoms with van der Waals surface area (Å²) in [4.78, 5) is 17.4. The van der Waals surface area contributed by atoms with Crippen molar-refractivity contribution >= 4 is 23.5 Å². The van der Waals surface area contributed by atoms with E-state index >= 15 is 0 Å². The summed E-state index contributed by atoms with van der Waals surface area (Å²) in [5.74, 6) is 3.34. The molecule has 5 nitrogen and oxygen atoms in total. The Kier molecular flexibility index (Phi) is 7.18. The van der Waals surface area contributed by atoms with E-state index in [1.807, 2.05) is 40.9 Å². The molecule has 2 fully saturated rings. The van der Waals surface area contributed by atoms with E-state index in [0.717, 1.165) is 49.4 Å². The molecule has 0 bridgehead atoms. The molecule has 0 radical (unpaired) electrons. The molecule has 1 unspecified atom stereocenters. The molecule has 0 aromatic heterocycles. The lowest BCUT2D eigenvalue weighted by molar-refractivity contribution is 0.207.